The maximum Gasteiger partial charge on any atom is 0.451 e. The summed E-state index contributed by atoms with van der Waals surface area (Å²) in [5.41, 5.74) is 0.354. The standard InChI is InChI=1S/C11H9F3N4O3S/c12-11(13,14)10-15-3-1-9(17-10)8-2-4-18(16-7-8)5-6-22(19,20)21/h1-4,7H,5-6H2/p+1. The number of hydrogen-bond acceptors (Lipinski definition) is 5. The average Bonchev–Trinajstić information content (AvgIpc) is 2.44. The highest BCUT2D eigenvalue weighted by Crippen LogP contribution is 2.27. The van der Waals surface area contributed by atoms with Crippen LogP contribution < -0.4 is 4.68 Å². The van der Waals surface area contributed by atoms with Crippen molar-refractivity contribution in [2.24, 2.45) is 0 Å². The first kappa shape index (κ1) is 16.2. The van der Waals surface area contributed by atoms with Crippen molar-refractivity contribution in [1.29, 1.82) is 0 Å². The summed E-state index contributed by atoms with van der Waals surface area (Å²) >= 11 is 0. The molecular weight excluding hydrogens is 325 g/mol. The van der Waals surface area contributed by atoms with Crippen molar-refractivity contribution in [2.75, 3.05) is 5.75 Å². The Kier molecular flexibility index (Phi) is 4.37. The largest absolute Gasteiger partial charge is 0.451 e. The van der Waals surface area contributed by atoms with Gasteiger partial charge in [0.15, 0.2) is 12.7 Å². The number of hydrogen-bond donors (Lipinski definition) is 1. The number of aryl methyl sites for hydroxylation is 1. The van der Waals surface area contributed by atoms with E-state index in [-0.39, 0.29) is 12.2 Å². The third-order valence-corrected chi connectivity index (χ3v) is 3.25. The van der Waals surface area contributed by atoms with Gasteiger partial charge in [0.1, 0.15) is 11.9 Å². The molecule has 0 fully saturated rings. The van der Waals surface area contributed by atoms with E-state index in [2.05, 4.69) is 15.1 Å². The second-order valence-corrected chi connectivity index (χ2v) is 5.80. The van der Waals surface area contributed by atoms with Crippen molar-refractivity contribution in [3.05, 3.63) is 36.5 Å². The molecule has 0 spiro atoms. The summed E-state index contributed by atoms with van der Waals surface area (Å²) in [6.45, 7) is -0.0866. The monoisotopic (exact) mass is 335 g/mol. The molecule has 2 aromatic heterocycles. The zero-order valence-corrected chi connectivity index (χ0v) is 11.7. The predicted octanol–water partition coefficient (Wildman–Crippen LogP) is 0.733. The van der Waals surface area contributed by atoms with Crippen LogP contribution in [-0.2, 0) is 22.8 Å². The lowest BCUT2D eigenvalue weighted by Crippen LogP contribution is -2.40. The van der Waals surface area contributed by atoms with Crippen LogP contribution in [0, 0.1) is 0 Å². The molecule has 22 heavy (non-hydrogen) atoms. The quantitative estimate of drug-likeness (QED) is 0.654. The summed E-state index contributed by atoms with van der Waals surface area (Å²) in [5.74, 6) is -1.77. The molecule has 118 valence electrons. The van der Waals surface area contributed by atoms with Gasteiger partial charge in [-0.2, -0.15) is 21.6 Å². The SMILES string of the molecule is O=S(=O)(O)CC[n+]1ccc(-c2ccnc(C(F)(F)F)n2)cn1. The topological polar surface area (TPSA) is 96.9 Å². The van der Waals surface area contributed by atoms with E-state index < -0.39 is 27.9 Å². The van der Waals surface area contributed by atoms with Gasteiger partial charge in [0.25, 0.3) is 10.1 Å². The van der Waals surface area contributed by atoms with Gasteiger partial charge in [0.05, 0.1) is 5.69 Å². The molecule has 0 bridgehead atoms. The molecule has 0 amide bonds. The lowest BCUT2D eigenvalue weighted by atomic mass is 10.2. The molecule has 11 heteroatoms. The van der Waals surface area contributed by atoms with Gasteiger partial charge in [-0.1, -0.05) is 4.68 Å². The Bertz CT molecular complexity index is 763. The fourth-order valence-corrected chi connectivity index (χ4v) is 1.95. The number of alkyl halides is 3. The summed E-state index contributed by atoms with van der Waals surface area (Å²) in [4.78, 5) is 6.56. The first-order chi connectivity index (χ1) is 10.1. The zero-order chi connectivity index (χ0) is 16.4. The maximum atomic E-state index is 12.5. The number of rotatable bonds is 4. The summed E-state index contributed by atoms with van der Waals surface area (Å²) in [7, 11) is -4.11. The van der Waals surface area contributed by atoms with Gasteiger partial charge in [-0.15, -0.1) is 0 Å². The summed E-state index contributed by atoms with van der Waals surface area (Å²) in [6.07, 6.45) is -1.04. The zero-order valence-electron chi connectivity index (χ0n) is 10.9. The van der Waals surface area contributed by atoms with Gasteiger partial charge in [0, 0.05) is 17.8 Å². The van der Waals surface area contributed by atoms with Crippen molar-refractivity contribution in [3.8, 4) is 11.3 Å². The Labute approximate surface area is 123 Å². The van der Waals surface area contributed by atoms with E-state index in [1.165, 1.54) is 29.2 Å². The van der Waals surface area contributed by atoms with Crippen molar-refractivity contribution < 1.29 is 30.8 Å². The van der Waals surface area contributed by atoms with E-state index in [1.54, 1.807) is 0 Å². The Morgan fingerprint density at radius 2 is 2.00 bits per heavy atom. The van der Waals surface area contributed by atoms with E-state index in [4.69, 9.17) is 4.55 Å². The fraction of sp³-hybridized carbons (Fsp3) is 0.273. The highest BCUT2D eigenvalue weighted by molar-refractivity contribution is 7.85. The molecule has 0 aliphatic rings. The molecule has 0 radical (unpaired) electrons. The Balaban J connectivity index is 2.20. The van der Waals surface area contributed by atoms with Crippen LogP contribution in [0.25, 0.3) is 11.3 Å². The molecule has 2 aromatic rings. The molecular formula is C11H10F3N4O3S+. The summed E-state index contributed by atoms with van der Waals surface area (Å²) < 4.78 is 68.7. The van der Waals surface area contributed by atoms with E-state index in [1.807, 2.05) is 0 Å². The third-order valence-electron chi connectivity index (χ3n) is 2.55. The third kappa shape index (κ3) is 4.43. The summed E-state index contributed by atoms with van der Waals surface area (Å²) in [5, 5.41) is 3.85. The van der Waals surface area contributed by atoms with Crippen LogP contribution in [0.1, 0.15) is 5.82 Å². The van der Waals surface area contributed by atoms with Gasteiger partial charge in [0.2, 0.25) is 5.82 Å². The molecule has 7 nitrogen and oxygen atoms in total. The highest BCUT2D eigenvalue weighted by atomic mass is 32.2. The van der Waals surface area contributed by atoms with Crippen molar-refractivity contribution in [2.45, 2.75) is 12.7 Å². The lowest BCUT2D eigenvalue weighted by molar-refractivity contribution is -0.750. The molecule has 1 N–H and O–H groups in total. The van der Waals surface area contributed by atoms with Crippen molar-refractivity contribution >= 4 is 10.1 Å². The van der Waals surface area contributed by atoms with E-state index >= 15 is 0 Å². The van der Waals surface area contributed by atoms with E-state index in [9.17, 15) is 21.6 Å². The molecule has 0 saturated carbocycles. The highest BCUT2D eigenvalue weighted by Gasteiger charge is 2.34. The van der Waals surface area contributed by atoms with Crippen LogP contribution in [0.2, 0.25) is 0 Å². The first-order valence-electron chi connectivity index (χ1n) is 5.87. The van der Waals surface area contributed by atoms with Crippen LogP contribution in [0.15, 0.2) is 30.7 Å². The molecule has 0 aromatic carbocycles. The van der Waals surface area contributed by atoms with Crippen LogP contribution in [0.5, 0.6) is 0 Å². The van der Waals surface area contributed by atoms with Crippen LogP contribution in [0.3, 0.4) is 0 Å². The van der Waals surface area contributed by atoms with E-state index in [0.717, 1.165) is 6.20 Å². The van der Waals surface area contributed by atoms with Gasteiger partial charge < -0.3 is 0 Å². The first-order valence-corrected chi connectivity index (χ1v) is 7.48. The van der Waals surface area contributed by atoms with Crippen LogP contribution in [-0.4, -0.2) is 33.8 Å². The smallest absolute Gasteiger partial charge is 0.285 e. The fourth-order valence-electron chi connectivity index (χ4n) is 1.53. The van der Waals surface area contributed by atoms with Gasteiger partial charge in [-0.25, -0.2) is 9.97 Å². The number of aromatic nitrogens is 4. The molecule has 0 aliphatic heterocycles. The van der Waals surface area contributed by atoms with Gasteiger partial charge >= 0.3 is 6.18 Å². The molecule has 0 unspecified atom stereocenters. The Hall–Kier alpha value is -2.14. The van der Waals surface area contributed by atoms with Crippen molar-refractivity contribution in [3.63, 3.8) is 0 Å². The average molecular weight is 335 g/mol. The van der Waals surface area contributed by atoms with Crippen molar-refractivity contribution in [1.82, 2.24) is 15.1 Å². The maximum absolute atomic E-state index is 12.5. The predicted molar refractivity (Wildman–Crippen MR) is 66.9 cm³/mol. The van der Waals surface area contributed by atoms with E-state index in [0.29, 0.717) is 5.56 Å². The van der Waals surface area contributed by atoms with Gasteiger partial charge in [-0.3, -0.25) is 4.55 Å². The van der Waals surface area contributed by atoms with Crippen LogP contribution >= 0.6 is 0 Å². The Morgan fingerprint density at radius 3 is 2.55 bits per heavy atom. The minimum atomic E-state index is -4.65. The number of halogens is 3. The molecule has 2 heterocycles. The molecule has 0 aliphatic carbocycles. The molecule has 0 atom stereocenters. The second-order valence-electron chi connectivity index (χ2n) is 4.23. The van der Waals surface area contributed by atoms with Gasteiger partial charge in [-0.05, 0) is 11.2 Å². The molecule has 0 saturated heterocycles. The number of nitrogens with zero attached hydrogens (tertiary/aromatic N) is 4. The minimum absolute atomic E-state index is 0.0387. The minimum Gasteiger partial charge on any atom is -0.285 e. The van der Waals surface area contributed by atoms with Crippen LogP contribution in [0.4, 0.5) is 13.2 Å². The lowest BCUT2D eigenvalue weighted by Gasteiger charge is -2.05. The second kappa shape index (κ2) is 5.93. The summed E-state index contributed by atoms with van der Waals surface area (Å²) in [6, 6.07) is 2.73. The Morgan fingerprint density at radius 1 is 1.27 bits per heavy atom. The normalized spacial score (nSPS) is 12.4. The molecule has 2 rings (SSSR count).